The minimum atomic E-state index is -0.709. The topological polar surface area (TPSA) is 103 Å². The van der Waals surface area contributed by atoms with Crippen LogP contribution in [0.2, 0.25) is 0 Å². The number of hydrogen-bond donors (Lipinski definition) is 3. The molecule has 2 heterocycles. The van der Waals surface area contributed by atoms with Gasteiger partial charge in [0.25, 0.3) is 0 Å². The van der Waals surface area contributed by atoms with Crippen molar-refractivity contribution in [2.24, 2.45) is 22.4 Å². The van der Waals surface area contributed by atoms with Gasteiger partial charge in [0, 0.05) is 35.8 Å². The maximum absolute atomic E-state index is 12.8. The van der Waals surface area contributed by atoms with Crippen LogP contribution in [0.25, 0.3) is 0 Å². The van der Waals surface area contributed by atoms with E-state index in [4.69, 9.17) is 0 Å². The molecular weight excluding hydrogens is 394 g/mol. The van der Waals surface area contributed by atoms with Crippen LogP contribution < -0.4 is 16.1 Å². The first kappa shape index (κ1) is 21.2. The number of carbonyl (C=O) groups excluding carboxylic acids is 3. The van der Waals surface area contributed by atoms with Gasteiger partial charge >= 0.3 is 0 Å². The summed E-state index contributed by atoms with van der Waals surface area (Å²) >= 11 is 0. The van der Waals surface area contributed by atoms with Crippen LogP contribution in [0.3, 0.4) is 0 Å². The molecule has 1 saturated carbocycles. The van der Waals surface area contributed by atoms with E-state index < -0.39 is 17.3 Å². The van der Waals surface area contributed by atoms with Gasteiger partial charge in [0.05, 0.1) is 24.1 Å². The van der Waals surface area contributed by atoms with Crippen molar-refractivity contribution in [3.8, 4) is 0 Å². The lowest BCUT2D eigenvalue weighted by Crippen LogP contribution is -2.37. The molecule has 164 valence electrons. The Kier molecular flexibility index (Phi) is 5.66. The van der Waals surface area contributed by atoms with Crippen molar-refractivity contribution in [3.63, 3.8) is 0 Å². The number of anilines is 1. The molecule has 0 unspecified atom stereocenters. The molecule has 2 aliphatic heterocycles. The summed E-state index contributed by atoms with van der Waals surface area (Å²) in [5.41, 5.74) is 3.84. The number of nitrogens with one attached hydrogen (secondary N) is 3. The molecule has 0 spiro atoms. The Balaban J connectivity index is 1.57. The monoisotopic (exact) mass is 423 g/mol. The highest BCUT2D eigenvalue weighted by Gasteiger charge is 2.72. The zero-order valence-corrected chi connectivity index (χ0v) is 18.1. The number of para-hydroxylation sites is 1. The predicted octanol–water partition coefficient (Wildman–Crippen LogP) is 1.50. The Hall–Kier alpha value is -3.00. The van der Waals surface area contributed by atoms with Crippen LogP contribution in [0.1, 0.15) is 32.8 Å². The second-order valence-electron chi connectivity index (χ2n) is 8.93. The number of nitrogens with zero attached hydrogens (tertiary/aromatic N) is 2. The lowest BCUT2D eigenvalue weighted by Gasteiger charge is -2.24. The quantitative estimate of drug-likeness (QED) is 0.604. The average molecular weight is 424 g/mol. The minimum absolute atomic E-state index is 0.0154. The fraction of sp³-hybridized carbons (Fsp3) is 0.478. The van der Waals surface area contributed by atoms with Crippen LogP contribution in [0.4, 0.5) is 5.69 Å². The maximum atomic E-state index is 12.8. The number of hydrogen-bond acceptors (Lipinski definition) is 5. The van der Waals surface area contributed by atoms with Crippen LogP contribution in [-0.4, -0.2) is 54.0 Å². The number of amides is 3. The van der Waals surface area contributed by atoms with Crippen molar-refractivity contribution >= 4 is 29.1 Å². The van der Waals surface area contributed by atoms with Gasteiger partial charge < -0.3 is 10.6 Å². The minimum Gasteiger partial charge on any atom is -0.354 e. The van der Waals surface area contributed by atoms with Gasteiger partial charge in [0.2, 0.25) is 17.7 Å². The summed E-state index contributed by atoms with van der Waals surface area (Å²) in [4.78, 5) is 40.0. The van der Waals surface area contributed by atoms with Gasteiger partial charge in [-0.1, -0.05) is 37.3 Å². The van der Waals surface area contributed by atoms with Crippen LogP contribution in [-0.2, 0) is 14.4 Å². The molecule has 31 heavy (non-hydrogen) atoms. The SMILES string of the molecule is CC(C)NC(=O)[C@@H]1[C@@H]2C(=O)NN=C(c3ccccc3NC(=O)CN3CC=CCC3)[C@]12C. The van der Waals surface area contributed by atoms with Crippen molar-refractivity contribution in [1.82, 2.24) is 15.6 Å². The van der Waals surface area contributed by atoms with E-state index in [1.165, 1.54) is 0 Å². The molecule has 0 saturated heterocycles. The summed E-state index contributed by atoms with van der Waals surface area (Å²) in [5.74, 6) is -1.45. The van der Waals surface area contributed by atoms with Crippen molar-refractivity contribution < 1.29 is 14.4 Å². The van der Waals surface area contributed by atoms with E-state index in [2.05, 4.69) is 38.2 Å². The Bertz CT molecular complexity index is 970. The predicted molar refractivity (Wildman–Crippen MR) is 118 cm³/mol. The molecule has 1 aliphatic carbocycles. The zero-order valence-electron chi connectivity index (χ0n) is 18.1. The van der Waals surface area contributed by atoms with Crippen molar-refractivity contribution in [2.45, 2.75) is 33.2 Å². The third-order valence-electron chi connectivity index (χ3n) is 6.27. The molecule has 0 radical (unpaired) electrons. The summed E-state index contributed by atoms with van der Waals surface area (Å²) in [6, 6.07) is 7.39. The van der Waals surface area contributed by atoms with Crippen molar-refractivity contribution in [2.75, 3.05) is 25.0 Å². The molecule has 1 aromatic rings. The van der Waals surface area contributed by atoms with Crippen LogP contribution in [0, 0.1) is 17.3 Å². The normalized spacial score (nSPS) is 27.2. The molecule has 3 amide bonds. The highest BCUT2D eigenvalue weighted by atomic mass is 16.2. The lowest BCUT2D eigenvalue weighted by molar-refractivity contribution is -0.127. The van der Waals surface area contributed by atoms with Crippen LogP contribution >= 0.6 is 0 Å². The second kappa shape index (κ2) is 8.26. The third kappa shape index (κ3) is 3.99. The molecule has 1 fully saturated rings. The van der Waals surface area contributed by atoms with E-state index in [-0.39, 0.29) is 23.8 Å². The van der Waals surface area contributed by atoms with E-state index in [9.17, 15) is 14.4 Å². The molecule has 1 aromatic carbocycles. The number of benzene rings is 1. The number of fused-ring (bicyclic) bond motifs is 1. The number of hydrazone groups is 1. The first-order valence-electron chi connectivity index (χ1n) is 10.8. The largest absolute Gasteiger partial charge is 0.354 e. The molecule has 8 nitrogen and oxygen atoms in total. The maximum Gasteiger partial charge on any atom is 0.245 e. The highest BCUT2D eigenvalue weighted by Crippen LogP contribution is 2.62. The molecule has 0 aromatic heterocycles. The first-order valence-corrected chi connectivity index (χ1v) is 10.8. The molecular formula is C23H29N5O3. The molecule has 3 atom stereocenters. The standard InChI is InChI=1S/C23H29N5O3/c1-14(2)24-21(30)18-19-22(31)27-26-20(23(18,19)3)15-9-5-6-10-16(15)25-17(29)13-28-11-7-4-8-12-28/h4-7,9-10,14,18-19H,8,11-13H2,1-3H3,(H,24,30)(H,25,29)(H,27,31)/t18-,19+,23+/m0/s1. The summed E-state index contributed by atoms with van der Waals surface area (Å²) in [6.45, 7) is 7.62. The van der Waals surface area contributed by atoms with Gasteiger partial charge in [0.1, 0.15) is 0 Å². The van der Waals surface area contributed by atoms with E-state index in [0.29, 0.717) is 17.9 Å². The molecule has 3 aliphatic rings. The van der Waals surface area contributed by atoms with E-state index in [0.717, 1.165) is 25.1 Å². The molecule has 4 rings (SSSR count). The first-order chi connectivity index (χ1) is 14.8. The fourth-order valence-electron chi connectivity index (χ4n) is 4.71. The summed E-state index contributed by atoms with van der Waals surface area (Å²) in [6.07, 6.45) is 5.14. The van der Waals surface area contributed by atoms with Gasteiger partial charge in [0.15, 0.2) is 0 Å². The Morgan fingerprint density at radius 3 is 2.77 bits per heavy atom. The van der Waals surface area contributed by atoms with Crippen LogP contribution in [0.5, 0.6) is 0 Å². The Morgan fingerprint density at radius 2 is 2.06 bits per heavy atom. The molecule has 3 N–H and O–H groups in total. The van der Waals surface area contributed by atoms with Gasteiger partial charge in [-0.3, -0.25) is 19.3 Å². The van der Waals surface area contributed by atoms with E-state index in [1.54, 1.807) is 0 Å². The summed E-state index contributed by atoms with van der Waals surface area (Å²) in [7, 11) is 0. The number of carbonyl (C=O) groups is 3. The highest BCUT2D eigenvalue weighted by molar-refractivity contribution is 6.19. The number of rotatable bonds is 6. The summed E-state index contributed by atoms with van der Waals surface area (Å²) < 4.78 is 0. The van der Waals surface area contributed by atoms with Gasteiger partial charge in [-0.05, 0) is 26.3 Å². The molecule has 0 bridgehead atoms. The van der Waals surface area contributed by atoms with Gasteiger partial charge in [-0.25, -0.2) is 5.43 Å². The second-order valence-corrected chi connectivity index (χ2v) is 8.93. The fourth-order valence-corrected chi connectivity index (χ4v) is 4.71. The lowest BCUT2D eigenvalue weighted by atomic mass is 9.89. The van der Waals surface area contributed by atoms with Gasteiger partial charge in [-0.15, -0.1) is 0 Å². The average Bonchev–Trinajstić information content (AvgIpc) is 3.37. The van der Waals surface area contributed by atoms with E-state index >= 15 is 0 Å². The molecule has 8 heteroatoms. The summed E-state index contributed by atoms with van der Waals surface area (Å²) in [5, 5.41) is 10.3. The Labute approximate surface area is 182 Å². The van der Waals surface area contributed by atoms with Crippen LogP contribution in [0.15, 0.2) is 41.5 Å². The van der Waals surface area contributed by atoms with Gasteiger partial charge in [-0.2, -0.15) is 5.10 Å². The third-order valence-corrected chi connectivity index (χ3v) is 6.27. The van der Waals surface area contributed by atoms with Crippen molar-refractivity contribution in [1.29, 1.82) is 0 Å². The smallest absolute Gasteiger partial charge is 0.245 e. The zero-order chi connectivity index (χ0) is 22.2. The van der Waals surface area contributed by atoms with E-state index in [1.807, 2.05) is 45.0 Å². The van der Waals surface area contributed by atoms with Crippen molar-refractivity contribution in [3.05, 3.63) is 42.0 Å². The Morgan fingerprint density at radius 1 is 1.29 bits per heavy atom.